The first-order chi connectivity index (χ1) is 25.3. The molecule has 1 aromatic rings. The first-order valence-electron chi connectivity index (χ1n) is 19.3. The number of cyclic esters (lactones) is 1. The summed E-state index contributed by atoms with van der Waals surface area (Å²) in [6.07, 6.45) is -2.54. The van der Waals surface area contributed by atoms with Crippen LogP contribution in [0.15, 0.2) is 11.4 Å². The molecule has 54 heavy (non-hydrogen) atoms. The van der Waals surface area contributed by atoms with Crippen molar-refractivity contribution in [2.45, 2.75) is 148 Å². The molecule has 1 aromatic heterocycles. The van der Waals surface area contributed by atoms with Crippen LogP contribution in [0.1, 0.15) is 86.8 Å². The fourth-order valence-corrected chi connectivity index (χ4v) is 8.28. The van der Waals surface area contributed by atoms with Crippen molar-refractivity contribution < 1.29 is 48.7 Å². The molecule has 17 heteroatoms. The van der Waals surface area contributed by atoms with Crippen LogP contribution in [-0.2, 0) is 39.8 Å². The number of aliphatic hydroxyl groups is 3. The Morgan fingerprint density at radius 2 is 1.87 bits per heavy atom. The third-order valence-electron chi connectivity index (χ3n) is 11.8. The minimum atomic E-state index is -1.90. The summed E-state index contributed by atoms with van der Waals surface area (Å²) in [5, 5.41) is 51.0. The minimum Gasteiger partial charge on any atom is -0.459 e. The molecule has 304 valence electrons. The highest BCUT2D eigenvalue weighted by Crippen LogP contribution is 2.39. The van der Waals surface area contributed by atoms with Crippen LogP contribution in [0.25, 0.3) is 0 Å². The summed E-state index contributed by atoms with van der Waals surface area (Å²) in [5.74, 6) is -4.73. The first-order valence-corrected chi connectivity index (χ1v) is 19.3. The maximum atomic E-state index is 14.3. The molecular weight excluding hydrogens is 699 g/mol. The van der Waals surface area contributed by atoms with Crippen molar-refractivity contribution >= 4 is 25.4 Å². The number of likely N-dealkylation sites (N-methyl/N-ethyl adjacent to an activating group) is 1. The molecule has 16 nitrogen and oxygen atoms in total. The Morgan fingerprint density at radius 3 is 2.46 bits per heavy atom. The van der Waals surface area contributed by atoms with Gasteiger partial charge in [0, 0.05) is 63.0 Å². The number of carbonyl (C=O) groups excluding carboxylic acids is 2. The molecule has 0 aromatic carbocycles. The van der Waals surface area contributed by atoms with Crippen molar-refractivity contribution in [1.82, 2.24) is 25.1 Å². The van der Waals surface area contributed by atoms with Gasteiger partial charge >= 0.3 is 5.97 Å². The predicted molar refractivity (Wildman–Crippen MR) is 199 cm³/mol. The Morgan fingerprint density at radius 1 is 1.17 bits per heavy atom. The van der Waals surface area contributed by atoms with Crippen LogP contribution in [0.5, 0.6) is 0 Å². The van der Waals surface area contributed by atoms with Gasteiger partial charge in [-0.3, -0.25) is 9.59 Å². The second-order valence-corrected chi connectivity index (χ2v) is 16.2. The number of ketones is 1. The van der Waals surface area contributed by atoms with E-state index >= 15 is 0 Å². The van der Waals surface area contributed by atoms with E-state index < -0.39 is 77.3 Å². The maximum Gasteiger partial charge on any atom is 0.316 e. The van der Waals surface area contributed by atoms with Gasteiger partial charge in [-0.05, 0) is 60.5 Å². The van der Waals surface area contributed by atoms with Gasteiger partial charge in [-0.25, -0.2) is 0 Å². The molecule has 3 saturated heterocycles. The van der Waals surface area contributed by atoms with Crippen molar-refractivity contribution in [2.75, 3.05) is 33.8 Å². The van der Waals surface area contributed by atoms with Crippen LogP contribution in [0.4, 0.5) is 0 Å². The van der Waals surface area contributed by atoms with Crippen LogP contribution < -0.4 is 5.32 Å². The lowest BCUT2D eigenvalue weighted by Gasteiger charge is -2.47. The van der Waals surface area contributed by atoms with E-state index in [4.69, 9.17) is 31.8 Å². The van der Waals surface area contributed by atoms with Gasteiger partial charge in [0.05, 0.1) is 35.3 Å². The minimum absolute atomic E-state index is 0.177. The summed E-state index contributed by atoms with van der Waals surface area (Å²) >= 11 is 0. The average molecular weight is 763 g/mol. The second-order valence-electron chi connectivity index (χ2n) is 16.2. The molecule has 0 saturated carbocycles. The Kier molecular flexibility index (Phi) is 15.2. The Balaban J connectivity index is 1.72. The number of aromatic nitrogens is 3. The molecule has 0 unspecified atom stereocenters. The molecular formula is C37H63BN6O10. The zero-order valence-corrected chi connectivity index (χ0v) is 33.7. The molecule has 3 aliphatic heterocycles. The summed E-state index contributed by atoms with van der Waals surface area (Å²) in [6, 6.07) is -0.375. The molecule has 2 radical (unpaired) electrons. The van der Waals surface area contributed by atoms with E-state index in [0.29, 0.717) is 37.3 Å². The Labute approximate surface area is 321 Å². The van der Waals surface area contributed by atoms with Crippen LogP contribution in [0, 0.1) is 23.7 Å². The first kappa shape index (κ1) is 44.2. The number of methoxy groups -OCH3 is 1. The number of oxime groups is 1. The van der Waals surface area contributed by atoms with Gasteiger partial charge in [0.1, 0.15) is 29.8 Å². The molecule has 3 fully saturated rings. The van der Waals surface area contributed by atoms with Gasteiger partial charge < -0.3 is 53.9 Å². The topological polar surface area (TPSA) is 199 Å². The number of carbonyl (C=O) groups is 2. The molecule has 0 amide bonds. The third-order valence-corrected chi connectivity index (χ3v) is 11.8. The normalized spacial score (nSPS) is 41.2. The summed E-state index contributed by atoms with van der Waals surface area (Å²) in [7, 11) is 9.09. The quantitative estimate of drug-likeness (QED) is 0.114. The smallest absolute Gasteiger partial charge is 0.316 e. The zero-order chi connectivity index (χ0) is 40.1. The Hall–Kier alpha value is -2.51. The highest BCUT2D eigenvalue weighted by atomic mass is 16.7. The second kappa shape index (κ2) is 18.6. The lowest BCUT2D eigenvalue weighted by atomic mass is 9.74. The van der Waals surface area contributed by atoms with E-state index in [0.717, 1.165) is 17.6 Å². The lowest BCUT2D eigenvalue weighted by Crippen LogP contribution is -2.60. The molecule has 0 aliphatic carbocycles. The van der Waals surface area contributed by atoms with Crippen molar-refractivity contribution in [1.29, 1.82) is 0 Å². The number of Topliss-reactive ketones (excluding diaryl/α,β-unsaturated/α-hetero) is 1. The standard InChI is InChI=1S/C37H63BN6O10/c1-11-28-37(8,49)32(47)22(4)29(41-54-26-12-14-39-18-26)20(2)17-36(7,50-10)33(23(5)30(45)24(6)34(48)52-28)53-35-31(46)27(16-21(3)51-35)43(9)15-13-25-19-44(38)42-40-25/h19-24,26-28,31-33,35,39,46-47,49H,11-18H2,1-10H3/b41-29+/t20-,21-,22+,23+,24-,26-,27+,28-,31-,32-,33-,35+,36-,37-/m1/s1. The fourth-order valence-electron chi connectivity index (χ4n) is 8.28. The van der Waals surface area contributed by atoms with Crippen molar-refractivity contribution in [2.24, 2.45) is 28.8 Å². The fraction of sp³-hybridized carbons (Fsp3) is 0.865. The van der Waals surface area contributed by atoms with Gasteiger partial charge in [0.2, 0.25) is 0 Å². The number of nitrogens with zero attached hydrogens (tertiary/aromatic N) is 5. The molecule has 0 bridgehead atoms. The van der Waals surface area contributed by atoms with Gasteiger partial charge in [-0.2, -0.15) is 0 Å². The monoisotopic (exact) mass is 762 g/mol. The maximum absolute atomic E-state index is 14.3. The average Bonchev–Trinajstić information content (AvgIpc) is 3.82. The van der Waals surface area contributed by atoms with Crippen LogP contribution >= 0.6 is 0 Å². The highest BCUT2D eigenvalue weighted by Gasteiger charge is 2.52. The highest BCUT2D eigenvalue weighted by molar-refractivity contribution is 6.05. The number of hydrogen-bond acceptors (Lipinski definition) is 15. The van der Waals surface area contributed by atoms with Crippen molar-refractivity contribution in [3.63, 3.8) is 0 Å². The molecule has 4 rings (SSSR count). The molecule has 4 N–H and O–H groups in total. The van der Waals surface area contributed by atoms with Gasteiger partial charge in [-0.15, -0.1) is 5.10 Å². The van der Waals surface area contributed by atoms with Gasteiger partial charge in [-0.1, -0.05) is 38.1 Å². The SMILES string of the molecule is [B]n1cc(CCN(C)[C@H]2C[C@@H](C)O[C@@H](O[C@@H]3[C@@H](C)C(=O)[C@@H](C)C(=O)O[C@H](CC)[C@@](C)(O)[C@H](O)[C@@H](C)/C(=N/O[C@@H]4CCNC4)[C@H](C)C[C@@]3(C)OC)[C@@H]2O)nn1. The van der Waals surface area contributed by atoms with E-state index in [2.05, 4.69) is 20.8 Å². The number of rotatable bonds is 10. The third kappa shape index (κ3) is 10.1. The lowest BCUT2D eigenvalue weighted by molar-refractivity contribution is -0.295. The number of ether oxygens (including phenoxy) is 4. The van der Waals surface area contributed by atoms with E-state index in [1.807, 2.05) is 32.7 Å². The largest absolute Gasteiger partial charge is 0.459 e. The zero-order valence-electron chi connectivity index (χ0n) is 33.7. The number of esters is 1. The molecule has 14 atom stereocenters. The summed E-state index contributed by atoms with van der Waals surface area (Å²) in [6.45, 7) is 15.6. The Bertz CT molecular complexity index is 1430. The molecule has 4 heterocycles. The summed E-state index contributed by atoms with van der Waals surface area (Å²) in [5.41, 5.74) is -1.97. The van der Waals surface area contributed by atoms with Crippen molar-refractivity contribution in [3.05, 3.63) is 11.9 Å². The van der Waals surface area contributed by atoms with Gasteiger partial charge in [0.15, 0.2) is 12.1 Å². The summed E-state index contributed by atoms with van der Waals surface area (Å²) in [4.78, 5) is 35.9. The van der Waals surface area contributed by atoms with Crippen LogP contribution in [0.2, 0.25) is 0 Å². The number of nitrogens with one attached hydrogen (secondary N) is 1. The van der Waals surface area contributed by atoms with Gasteiger partial charge in [0.25, 0.3) is 7.98 Å². The predicted octanol–water partition coefficient (Wildman–Crippen LogP) is 1.02. The van der Waals surface area contributed by atoms with E-state index in [1.165, 1.54) is 21.0 Å². The molecule has 3 aliphatic rings. The van der Waals surface area contributed by atoms with Crippen molar-refractivity contribution in [3.8, 4) is 0 Å². The van der Waals surface area contributed by atoms with E-state index in [-0.39, 0.29) is 31.1 Å². The van der Waals surface area contributed by atoms with Crippen LogP contribution in [0.3, 0.4) is 0 Å². The van der Waals surface area contributed by atoms with E-state index in [1.54, 1.807) is 27.0 Å². The number of hydrogen-bond donors (Lipinski definition) is 4. The number of aliphatic hydroxyl groups excluding tert-OH is 2. The summed E-state index contributed by atoms with van der Waals surface area (Å²) < 4.78 is 26.2. The molecule has 0 spiro atoms. The van der Waals surface area contributed by atoms with Crippen LogP contribution in [-0.4, -0.2) is 155 Å². The van der Waals surface area contributed by atoms with E-state index in [9.17, 15) is 24.9 Å².